The molecule has 0 bridgehead atoms. The Bertz CT molecular complexity index is 384. The standard InChI is InChI=1S/C12H17N3O/c1-3-4-10(16)8-14-12-6-5-9(2)11(7-13)15-12/h5-6,10,16H,3-4,8H2,1-2H3,(H,14,15). The predicted octanol–water partition coefficient (Wildman–Crippen LogP) is 1.83. The van der Waals surface area contributed by atoms with Crippen molar-refractivity contribution in [1.29, 1.82) is 5.26 Å². The Kier molecular flexibility index (Phi) is 4.74. The maximum absolute atomic E-state index is 9.54. The number of hydrogen-bond donors (Lipinski definition) is 2. The number of nitriles is 1. The highest BCUT2D eigenvalue weighted by atomic mass is 16.3. The van der Waals surface area contributed by atoms with Gasteiger partial charge in [0.05, 0.1) is 6.10 Å². The number of aliphatic hydroxyl groups excluding tert-OH is 1. The normalized spacial score (nSPS) is 11.9. The van der Waals surface area contributed by atoms with Crippen molar-refractivity contribution in [3.63, 3.8) is 0 Å². The molecular weight excluding hydrogens is 202 g/mol. The van der Waals surface area contributed by atoms with E-state index in [2.05, 4.69) is 10.3 Å². The van der Waals surface area contributed by atoms with Crippen LogP contribution in [0.2, 0.25) is 0 Å². The predicted molar refractivity (Wildman–Crippen MR) is 63.1 cm³/mol. The monoisotopic (exact) mass is 219 g/mol. The fourth-order valence-corrected chi connectivity index (χ4v) is 1.40. The van der Waals surface area contributed by atoms with Gasteiger partial charge in [0, 0.05) is 6.54 Å². The number of nitrogens with one attached hydrogen (secondary N) is 1. The van der Waals surface area contributed by atoms with E-state index in [4.69, 9.17) is 5.26 Å². The largest absolute Gasteiger partial charge is 0.391 e. The third kappa shape index (κ3) is 3.52. The first-order valence-corrected chi connectivity index (χ1v) is 5.47. The number of pyridine rings is 1. The first-order valence-electron chi connectivity index (χ1n) is 5.47. The molecule has 0 radical (unpaired) electrons. The van der Waals surface area contributed by atoms with Crippen molar-refractivity contribution in [2.24, 2.45) is 0 Å². The average Bonchev–Trinajstić information content (AvgIpc) is 2.28. The smallest absolute Gasteiger partial charge is 0.145 e. The van der Waals surface area contributed by atoms with Crippen LogP contribution >= 0.6 is 0 Å². The van der Waals surface area contributed by atoms with Gasteiger partial charge in [0.1, 0.15) is 17.6 Å². The summed E-state index contributed by atoms with van der Waals surface area (Å²) < 4.78 is 0. The first-order chi connectivity index (χ1) is 7.67. The minimum atomic E-state index is -0.362. The summed E-state index contributed by atoms with van der Waals surface area (Å²) in [5.74, 6) is 0.636. The van der Waals surface area contributed by atoms with Gasteiger partial charge in [-0.1, -0.05) is 19.4 Å². The zero-order valence-electron chi connectivity index (χ0n) is 9.70. The summed E-state index contributed by atoms with van der Waals surface area (Å²) in [5, 5.41) is 21.4. The molecule has 0 aromatic carbocycles. The van der Waals surface area contributed by atoms with E-state index < -0.39 is 0 Å². The molecule has 1 heterocycles. The van der Waals surface area contributed by atoms with Crippen LogP contribution in [0.25, 0.3) is 0 Å². The Morgan fingerprint density at radius 1 is 1.56 bits per heavy atom. The van der Waals surface area contributed by atoms with Gasteiger partial charge in [0.15, 0.2) is 0 Å². The Morgan fingerprint density at radius 2 is 2.31 bits per heavy atom. The van der Waals surface area contributed by atoms with Crippen molar-refractivity contribution < 1.29 is 5.11 Å². The van der Waals surface area contributed by atoms with Gasteiger partial charge >= 0.3 is 0 Å². The molecule has 16 heavy (non-hydrogen) atoms. The number of rotatable bonds is 5. The number of hydrogen-bond acceptors (Lipinski definition) is 4. The average molecular weight is 219 g/mol. The Hall–Kier alpha value is -1.60. The van der Waals surface area contributed by atoms with Crippen LogP contribution in [-0.2, 0) is 0 Å². The second kappa shape index (κ2) is 6.09. The van der Waals surface area contributed by atoms with Crippen molar-refractivity contribution in [2.75, 3.05) is 11.9 Å². The Labute approximate surface area is 95.9 Å². The minimum absolute atomic E-state index is 0.362. The van der Waals surface area contributed by atoms with Gasteiger partial charge in [0.2, 0.25) is 0 Å². The van der Waals surface area contributed by atoms with Crippen molar-refractivity contribution >= 4 is 5.82 Å². The van der Waals surface area contributed by atoms with Gasteiger partial charge in [-0.25, -0.2) is 4.98 Å². The summed E-state index contributed by atoms with van der Waals surface area (Å²) in [4.78, 5) is 4.14. The van der Waals surface area contributed by atoms with Crippen LogP contribution < -0.4 is 5.32 Å². The quantitative estimate of drug-likeness (QED) is 0.792. The van der Waals surface area contributed by atoms with Crippen molar-refractivity contribution in [3.05, 3.63) is 23.4 Å². The van der Waals surface area contributed by atoms with Crippen molar-refractivity contribution in [1.82, 2.24) is 4.98 Å². The van der Waals surface area contributed by atoms with E-state index in [0.29, 0.717) is 18.1 Å². The number of aryl methyl sites for hydroxylation is 1. The van der Waals surface area contributed by atoms with E-state index >= 15 is 0 Å². The van der Waals surface area contributed by atoms with Crippen LogP contribution in [0.15, 0.2) is 12.1 Å². The molecule has 2 N–H and O–H groups in total. The summed E-state index contributed by atoms with van der Waals surface area (Å²) in [7, 11) is 0. The van der Waals surface area contributed by atoms with E-state index in [1.807, 2.05) is 32.0 Å². The van der Waals surface area contributed by atoms with Gasteiger partial charge in [-0.3, -0.25) is 0 Å². The lowest BCUT2D eigenvalue weighted by molar-refractivity contribution is 0.176. The molecule has 1 atom stereocenters. The van der Waals surface area contributed by atoms with Crippen LogP contribution in [-0.4, -0.2) is 22.7 Å². The highest BCUT2D eigenvalue weighted by Crippen LogP contribution is 2.09. The lowest BCUT2D eigenvalue weighted by Gasteiger charge is -2.11. The Morgan fingerprint density at radius 3 is 2.94 bits per heavy atom. The molecule has 1 unspecified atom stereocenters. The second-order valence-corrected chi connectivity index (χ2v) is 3.80. The van der Waals surface area contributed by atoms with Crippen molar-refractivity contribution in [2.45, 2.75) is 32.8 Å². The molecule has 0 saturated carbocycles. The summed E-state index contributed by atoms with van der Waals surface area (Å²) in [6, 6.07) is 5.70. The molecule has 0 amide bonds. The molecule has 0 saturated heterocycles. The van der Waals surface area contributed by atoms with Crippen LogP contribution in [0.5, 0.6) is 0 Å². The summed E-state index contributed by atoms with van der Waals surface area (Å²) in [6.07, 6.45) is 1.36. The zero-order valence-corrected chi connectivity index (χ0v) is 9.70. The molecule has 86 valence electrons. The zero-order chi connectivity index (χ0) is 12.0. The number of aliphatic hydroxyl groups is 1. The number of nitrogens with zero attached hydrogens (tertiary/aromatic N) is 2. The molecule has 0 spiro atoms. The maximum atomic E-state index is 9.54. The van der Waals surface area contributed by atoms with Gasteiger partial charge in [0.25, 0.3) is 0 Å². The summed E-state index contributed by atoms with van der Waals surface area (Å²) in [6.45, 7) is 4.34. The lowest BCUT2D eigenvalue weighted by atomic mass is 10.2. The molecule has 4 nitrogen and oxygen atoms in total. The van der Waals surface area contributed by atoms with Gasteiger partial charge in [-0.05, 0) is 25.0 Å². The fourth-order valence-electron chi connectivity index (χ4n) is 1.40. The summed E-state index contributed by atoms with van der Waals surface area (Å²) >= 11 is 0. The molecule has 0 aliphatic carbocycles. The molecular formula is C12H17N3O. The molecule has 0 aliphatic rings. The number of aromatic nitrogens is 1. The van der Waals surface area contributed by atoms with Gasteiger partial charge in [-0.15, -0.1) is 0 Å². The third-order valence-electron chi connectivity index (χ3n) is 2.34. The van der Waals surface area contributed by atoms with Crippen LogP contribution in [0.4, 0.5) is 5.82 Å². The highest BCUT2D eigenvalue weighted by molar-refractivity contribution is 5.42. The molecule has 0 fully saturated rings. The minimum Gasteiger partial charge on any atom is -0.391 e. The van der Waals surface area contributed by atoms with Crippen molar-refractivity contribution in [3.8, 4) is 6.07 Å². The molecule has 0 aliphatic heterocycles. The number of anilines is 1. The van der Waals surface area contributed by atoms with E-state index in [0.717, 1.165) is 18.4 Å². The first kappa shape index (κ1) is 12.5. The van der Waals surface area contributed by atoms with Crippen LogP contribution in [0.3, 0.4) is 0 Å². The van der Waals surface area contributed by atoms with E-state index in [1.165, 1.54) is 0 Å². The lowest BCUT2D eigenvalue weighted by Crippen LogP contribution is -2.19. The van der Waals surface area contributed by atoms with E-state index in [1.54, 1.807) is 0 Å². The molecule has 1 aromatic heterocycles. The summed E-state index contributed by atoms with van der Waals surface area (Å²) in [5.41, 5.74) is 1.29. The van der Waals surface area contributed by atoms with Gasteiger partial charge < -0.3 is 10.4 Å². The van der Waals surface area contributed by atoms with E-state index in [-0.39, 0.29) is 6.10 Å². The molecule has 1 rings (SSSR count). The SMILES string of the molecule is CCCC(O)CNc1ccc(C)c(C#N)n1. The molecule has 1 aromatic rings. The highest BCUT2D eigenvalue weighted by Gasteiger charge is 2.04. The van der Waals surface area contributed by atoms with Gasteiger partial charge in [-0.2, -0.15) is 5.26 Å². The van der Waals surface area contributed by atoms with Crippen LogP contribution in [0, 0.1) is 18.3 Å². The fraction of sp³-hybridized carbons (Fsp3) is 0.500. The van der Waals surface area contributed by atoms with Crippen LogP contribution in [0.1, 0.15) is 31.0 Å². The Balaban J connectivity index is 2.58. The van der Waals surface area contributed by atoms with E-state index in [9.17, 15) is 5.11 Å². The molecule has 4 heteroatoms. The maximum Gasteiger partial charge on any atom is 0.145 e. The second-order valence-electron chi connectivity index (χ2n) is 3.80. The topological polar surface area (TPSA) is 68.9 Å². The third-order valence-corrected chi connectivity index (χ3v) is 2.34.